The standard InChI is InChI=1S/C18H16ClN3O3S/c1-11-15-8-16(17(23)20-9-14-10-24-6-7-25-14)26-18(15)22(21-11)13-4-2-12(19)3-5-13/h2-5,8,10H,6-7,9H2,1H3,(H,20,23). The van der Waals surface area contributed by atoms with Gasteiger partial charge in [0.15, 0.2) is 0 Å². The van der Waals surface area contributed by atoms with Crippen LogP contribution in [0.4, 0.5) is 0 Å². The van der Waals surface area contributed by atoms with Crippen LogP contribution in [0.15, 0.2) is 42.4 Å². The third-order valence-electron chi connectivity index (χ3n) is 3.97. The summed E-state index contributed by atoms with van der Waals surface area (Å²) in [7, 11) is 0. The van der Waals surface area contributed by atoms with Crippen molar-refractivity contribution in [1.82, 2.24) is 15.1 Å². The van der Waals surface area contributed by atoms with Crippen molar-refractivity contribution in [3.05, 3.63) is 57.9 Å². The topological polar surface area (TPSA) is 65.4 Å². The van der Waals surface area contributed by atoms with Crippen LogP contribution in [0.3, 0.4) is 0 Å². The number of fused-ring (bicyclic) bond motifs is 1. The fourth-order valence-electron chi connectivity index (χ4n) is 2.67. The lowest BCUT2D eigenvalue weighted by molar-refractivity contribution is 0.0776. The molecule has 0 saturated heterocycles. The molecule has 0 spiro atoms. The van der Waals surface area contributed by atoms with Crippen LogP contribution < -0.4 is 5.32 Å². The zero-order valence-electron chi connectivity index (χ0n) is 14.0. The summed E-state index contributed by atoms with van der Waals surface area (Å²) in [6, 6.07) is 9.32. The predicted molar refractivity (Wildman–Crippen MR) is 101 cm³/mol. The first kappa shape index (κ1) is 16.9. The van der Waals surface area contributed by atoms with E-state index in [4.69, 9.17) is 21.1 Å². The third kappa shape index (κ3) is 3.27. The second kappa shape index (κ2) is 7.01. The lowest BCUT2D eigenvalue weighted by atomic mass is 10.3. The van der Waals surface area contributed by atoms with Crippen molar-refractivity contribution in [3.63, 3.8) is 0 Å². The average molecular weight is 390 g/mol. The Morgan fingerprint density at radius 1 is 1.35 bits per heavy atom. The molecule has 4 rings (SSSR count). The van der Waals surface area contributed by atoms with Gasteiger partial charge in [0, 0.05) is 10.4 Å². The van der Waals surface area contributed by atoms with Gasteiger partial charge in [0.05, 0.1) is 22.8 Å². The van der Waals surface area contributed by atoms with E-state index in [1.807, 2.05) is 41.9 Å². The molecule has 0 fully saturated rings. The summed E-state index contributed by atoms with van der Waals surface area (Å²) in [5.74, 6) is 0.470. The number of nitrogens with zero attached hydrogens (tertiary/aromatic N) is 2. The zero-order valence-corrected chi connectivity index (χ0v) is 15.6. The fraction of sp³-hybridized carbons (Fsp3) is 0.222. The Morgan fingerprint density at radius 2 is 2.15 bits per heavy atom. The Bertz CT molecular complexity index is 991. The van der Waals surface area contributed by atoms with Crippen LogP contribution in [-0.2, 0) is 9.47 Å². The molecule has 3 heterocycles. The second-order valence-corrected chi connectivity index (χ2v) is 7.26. The van der Waals surface area contributed by atoms with Gasteiger partial charge in [-0.2, -0.15) is 5.10 Å². The number of ether oxygens (including phenoxy) is 2. The van der Waals surface area contributed by atoms with E-state index in [0.717, 1.165) is 21.6 Å². The number of halogens is 1. The third-order valence-corrected chi connectivity index (χ3v) is 5.33. The fourth-order valence-corrected chi connectivity index (χ4v) is 3.90. The number of aromatic nitrogens is 2. The number of hydrogen-bond acceptors (Lipinski definition) is 5. The van der Waals surface area contributed by atoms with Crippen LogP contribution in [0.25, 0.3) is 15.9 Å². The van der Waals surface area contributed by atoms with Gasteiger partial charge in [-0.15, -0.1) is 11.3 Å². The van der Waals surface area contributed by atoms with E-state index in [9.17, 15) is 4.79 Å². The number of aryl methyl sites for hydroxylation is 1. The summed E-state index contributed by atoms with van der Waals surface area (Å²) < 4.78 is 12.4. The molecule has 3 aromatic rings. The van der Waals surface area contributed by atoms with Crippen LogP contribution in [0.5, 0.6) is 0 Å². The number of carbonyl (C=O) groups excluding carboxylic acids is 1. The number of carbonyl (C=O) groups is 1. The molecule has 26 heavy (non-hydrogen) atoms. The molecule has 1 N–H and O–H groups in total. The minimum Gasteiger partial charge on any atom is -0.494 e. The maximum atomic E-state index is 12.5. The summed E-state index contributed by atoms with van der Waals surface area (Å²) in [5, 5.41) is 9.07. The zero-order chi connectivity index (χ0) is 18.1. The quantitative estimate of drug-likeness (QED) is 0.739. The Labute approximate surface area is 159 Å². The first-order chi connectivity index (χ1) is 12.6. The van der Waals surface area contributed by atoms with Crippen LogP contribution in [0, 0.1) is 6.92 Å². The van der Waals surface area contributed by atoms with E-state index in [1.54, 1.807) is 0 Å². The molecule has 0 bridgehead atoms. The highest BCUT2D eigenvalue weighted by Gasteiger charge is 2.17. The molecule has 8 heteroatoms. The lowest BCUT2D eigenvalue weighted by Crippen LogP contribution is -2.27. The average Bonchev–Trinajstić information content (AvgIpc) is 3.22. The monoisotopic (exact) mass is 389 g/mol. The number of benzene rings is 1. The van der Waals surface area contributed by atoms with E-state index in [2.05, 4.69) is 10.4 Å². The molecule has 0 radical (unpaired) electrons. The second-order valence-electron chi connectivity index (χ2n) is 5.79. The Morgan fingerprint density at radius 3 is 2.88 bits per heavy atom. The number of amides is 1. The molecule has 0 saturated carbocycles. The molecular weight excluding hydrogens is 374 g/mol. The van der Waals surface area contributed by atoms with E-state index in [0.29, 0.717) is 35.4 Å². The largest absolute Gasteiger partial charge is 0.494 e. The molecule has 2 aromatic heterocycles. The molecule has 134 valence electrons. The maximum absolute atomic E-state index is 12.5. The van der Waals surface area contributed by atoms with Crippen molar-refractivity contribution < 1.29 is 14.3 Å². The maximum Gasteiger partial charge on any atom is 0.261 e. The van der Waals surface area contributed by atoms with E-state index in [1.165, 1.54) is 17.6 Å². The van der Waals surface area contributed by atoms with Crippen molar-refractivity contribution in [2.45, 2.75) is 6.92 Å². The van der Waals surface area contributed by atoms with Gasteiger partial charge in [0.1, 0.15) is 30.1 Å². The van der Waals surface area contributed by atoms with E-state index >= 15 is 0 Å². The molecule has 1 aliphatic heterocycles. The Kier molecular flexibility index (Phi) is 4.57. The van der Waals surface area contributed by atoms with Crippen molar-refractivity contribution in [1.29, 1.82) is 0 Å². The molecule has 1 amide bonds. The van der Waals surface area contributed by atoms with Gasteiger partial charge in [-0.1, -0.05) is 11.6 Å². The summed E-state index contributed by atoms with van der Waals surface area (Å²) >= 11 is 7.37. The number of rotatable bonds is 4. The van der Waals surface area contributed by atoms with Crippen molar-refractivity contribution in [2.24, 2.45) is 0 Å². The SMILES string of the molecule is Cc1nn(-c2ccc(Cl)cc2)c2sc(C(=O)NCC3=COCCO3)cc12. The van der Waals surface area contributed by atoms with Gasteiger partial charge < -0.3 is 14.8 Å². The van der Waals surface area contributed by atoms with Crippen molar-refractivity contribution in [2.75, 3.05) is 19.8 Å². The minimum absolute atomic E-state index is 0.150. The number of thiophene rings is 1. The highest BCUT2D eigenvalue weighted by atomic mass is 35.5. The molecular formula is C18H16ClN3O3S. The van der Waals surface area contributed by atoms with Gasteiger partial charge in [-0.05, 0) is 37.3 Å². The number of hydrogen-bond donors (Lipinski definition) is 1. The van der Waals surface area contributed by atoms with E-state index in [-0.39, 0.29) is 5.91 Å². The number of nitrogens with one attached hydrogen (secondary N) is 1. The summed E-state index contributed by atoms with van der Waals surface area (Å²) in [6.45, 7) is 3.27. The first-order valence-electron chi connectivity index (χ1n) is 8.08. The van der Waals surface area contributed by atoms with Crippen LogP contribution in [0.2, 0.25) is 5.02 Å². The molecule has 1 aliphatic rings. The predicted octanol–water partition coefficient (Wildman–Crippen LogP) is 3.67. The van der Waals surface area contributed by atoms with Gasteiger partial charge in [0.2, 0.25) is 0 Å². The highest BCUT2D eigenvalue weighted by Crippen LogP contribution is 2.30. The van der Waals surface area contributed by atoms with Crippen LogP contribution in [-0.4, -0.2) is 35.4 Å². The van der Waals surface area contributed by atoms with Gasteiger partial charge in [-0.3, -0.25) is 4.79 Å². The normalized spacial score (nSPS) is 13.8. The van der Waals surface area contributed by atoms with Gasteiger partial charge >= 0.3 is 0 Å². The van der Waals surface area contributed by atoms with Crippen molar-refractivity contribution in [3.8, 4) is 5.69 Å². The van der Waals surface area contributed by atoms with Crippen LogP contribution in [0.1, 0.15) is 15.4 Å². The highest BCUT2D eigenvalue weighted by molar-refractivity contribution is 7.20. The first-order valence-corrected chi connectivity index (χ1v) is 9.28. The lowest BCUT2D eigenvalue weighted by Gasteiger charge is -2.15. The summed E-state index contributed by atoms with van der Waals surface area (Å²) in [5.41, 5.74) is 1.77. The summed E-state index contributed by atoms with van der Waals surface area (Å²) in [6.07, 6.45) is 1.54. The molecule has 0 unspecified atom stereocenters. The summed E-state index contributed by atoms with van der Waals surface area (Å²) in [4.78, 5) is 14.0. The van der Waals surface area contributed by atoms with Gasteiger partial charge in [-0.25, -0.2) is 4.68 Å². The molecule has 0 aliphatic carbocycles. The molecule has 1 aromatic carbocycles. The Balaban J connectivity index is 1.59. The van der Waals surface area contributed by atoms with Crippen molar-refractivity contribution >= 4 is 39.1 Å². The van der Waals surface area contributed by atoms with E-state index < -0.39 is 0 Å². The minimum atomic E-state index is -0.150. The van der Waals surface area contributed by atoms with Crippen LogP contribution >= 0.6 is 22.9 Å². The smallest absolute Gasteiger partial charge is 0.261 e. The Hall–Kier alpha value is -2.51. The molecule has 0 atom stereocenters. The van der Waals surface area contributed by atoms with Gasteiger partial charge in [0.25, 0.3) is 5.91 Å². The molecule has 6 nitrogen and oxygen atoms in total.